The zero-order valence-electron chi connectivity index (χ0n) is 21.5. The number of pyridine rings is 1. The summed E-state index contributed by atoms with van der Waals surface area (Å²) in [4.78, 5) is 28.5. The highest BCUT2D eigenvalue weighted by Crippen LogP contribution is 2.31. The number of H-pyrrole nitrogens is 1. The fraction of sp³-hybridized carbons (Fsp3) is 0.138. The number of nitrogens with one attached hydrogen (secondary N) is 3. The van der Waals surface area contributed by atoms with Crippen molar-refractivity contribution in [1.29, 1.82) is 5.26 Å². The lowest BCUT2D eigenvalue weighted by Gasteiger charge is -2.17. The SMILES string of the molecule is C=Nc1[nH]ccc1/C(=N\C)c1cccnc1Nc1c(F)ccc(NC(=O)c2cccc(C(C)(C)C#N)c2)c1F. The molecule has 10 heteroatoms. The molecule has 4 rings (SSSR count). The van der Waals surface area contributed by atoms with Gasteiger partial charge in [-0.1, -0.05) is 12.1 Å². The van der Waals surface area contributed by atoms with Crippen molar-refractivity contribution in [2.45, 2.75) is 19.3 Å². The summed E-state index contributed by atoms with van der Waals surface area (Å²) in [6.07, 6.45) is 3.15. The topological polar surface area (TPSA) is 118 Å². The van der Waals surface area contributed by atoms with Gasteiger partial charge in [0.25, 0.3) is 5.91 Å². The summed E-state index contributed by atoms with van der Waals surface area (Å²) in [6, 6.07) is 16.0. The van der Waals surface area contributed by atoms with Gasteiger partial charge in [-0.15, -0.1) is 0 Å². The van der Waals surface area contributed by atoms with Crippen LogP contribution in [0.2, 0.25) is 0 Å². The van der Waals surface area contributed by atoms with Gasteiger partial charge >= 0.3 is 0 Å². The predicted octanol–water partition coefficient (Wildman–Crippen LogP) is 6.28. The standard InChI is InChI=1S/C29H25F2N7O/c1-29(2,16-32)18-8-5-7-17(15-18)28(39)37-22-11-10-21(30)25(23(22)31)38-27-19(9-6-13-35-27)24(33-3)20-12-14-36-26(20)34-4/h5-15,36H,4H2,1-3H3,(H,35,38)(H,37,39)/b33-24-. The minimum Gasteiger partial charge on any atom is -0.346 e. The summed E-state index contributed by atoms with van der Waals surface area (Å²) in [7, 11) is 1.58. The van der Waals surface area contributed by atoms with Gasteiger partial charge in [0.05, 0.1) is 22.9 Å². The summed E-state index contributed by atoms with van der Waals surface area (Å²) in [6.45, 7) is 7.01. The van der Waals surface area contributed by atoms with E-state index in [0.29, 0.717) is 28.2 Å². The summed E-state index contributed by atoms with van der Waals surface area (Å²) < 4.78 is 30.5. The normalized spacial score (nSPS) is 11.5. The highest BCUT2D eigenvalue weighted by atomic mass is 19.1. The Hall–Kier alpha value is -5.17. The molecule has 39 heavy (non-hydrogen) atoms. The first-order chi connectivity index (χ1) is 18.7. The molecule has 0 atom stereocenters. The van der Waals surface area contributed by atoms with E-state index in [4.69, 9.17) is 0 Å². The number of carbonyl (C=O) groups is 1. The van der Waals surface area contributed by atoms with Crippen LogP contribution in [0.1, 0.15) is 40.9 Å². The van der Waals surface area contributed by atoms with Gasteiger partial charge in [0.2, 0.25) is 0 Å². The quantitative estimate of drug-likeness (QED) is 0.235. The van der Waals surface area contributed by atoms with Crippen molar-refractivity contribution in [3.05, 3.63) is 101 Å². The first-order valence-corrected chi connectivity index (χ1v) is 11.8. The number of nitrogens with zero attached hydrogens (tertiary/aromatic N) is 4. The van der Waals surface area contributed by atoms with Gasteiger partial charge < -0.3 is 15.6 Å². The van der Waals surface area contributed by atoms with Crippen LogP contribution in [0, 0.1) is 23.0 Å². The fourth-order valence-corrected chi connectivity index (χ4v) is 3.95. The monoisotopic (exact) mass is 525 g/mol. The van der Waals surface area contributed by atoms with Gasteiger partial charge in [-0.3, -0.25) is 9.79 Å². The maximum Gasteiger partial charge on any atom is 0.255 e. The maximum absolute atomic E-state index is 15.6. The van der Waals surface area contributed by atoms with Crippen LogP contribution in [0.3, 0.4) is 0 Å². The number of hydrogen-bond donors (Lipinski definition) is 3. The van der Waals surface area contributed by atoms with Crippen molar-refractivity contribution in [2.75, 3.05) is 17.7 Å². The van der Waals surface area contributed by atoms with Gasteiger partial charge in [-0.25, -0.2) is 18.8 Å². The molecule has 0 spiro atoms. The van der Waals surface area contributed by atoms with Crippen LogP contribution in [-0.2, 0) is 5.41 Å². The number of benzene rings is 2. The average Bonchev–Trinajstić information content (AvgIpc) is 3.42. The molecule has 4 aromatic rings. The average molecular weight is 526 g/mol. The van der Waals surface area contributed by atoms with Crippen molar-refractivity contribution in [1.82, 2.24) is 9.97 Å². The summed E-state index contributed by atoms with van der Waals surface area (Å²) in [5, 5.41) is 14.6. The molecule has 0 aliphatic carbocycles. The minimum atomic E-state index is -1.02. The third-order valence-corrected chi connectivity index (χ3v) is 6.13. The van der Waals surface area contributed by atoms with E-state index in [1.54, 1.807) is 69.6 Å². The highest BCUT2D eigenvalue weighted by molar-refractivity contribution is 6.18. The van der Waals surface area contributed by atoms with Crippen LogP contribution >= 0.6 is 0 Å². The Morgan fingerprint density at radius 2 is 1.92 bits per heavy atom. The van der Waals surface area contributed by atoms with E-state index in [1.807, 2.05) is 0 Å². The van der Waals surface area contributed by atoms with E-state index in [0.717, 1.165) is 12.1 Å². The van der Waals surface area contributed by atoms with Gasteiger partial charge in [0.1, 0.15) is 23.1 Å². The second-order valence-corrected chi connectivity index (χ2v) is 9.05. The molecule has 196 valence electrons. The van der Waals surface area contributed by atoms with Gasteiger partial charge in [-0.05, 0) is 68.6 Å². The third kappa shape index (κ3) is 5.43. The number of aromatic nitrogens is 2. The lowest BCUT2D eigenvalue weighted by Crippen LogP contribution is -2.18. The molecular formula is C29H25F2N7O. The second kappa shape index (κ2) is 11.1. The van der Waals surface area contributed by atoms with E-state index in [-0.39, 0.29) is 17.1 Å². The second-order valence-electron chi connectivity index (χ2n) is 9.05. The van der Waals surface area contributed by atoms with Crippen molar-refractivity contribution in [2.24, 2.45) is 9.98 Å². The van der Waals surface area contributed by atoms with Crippen molar-refractivity contribution in [3.63, 3.8) is 0 Å². The third-order valence-electron chi connectivity index (χ3n) is 6.13. The van der Waals surface area contributed by atoms with E-state index in [1.165, 1.54) is 6.20 Å². The van der Waals surface area contributed by atoms with Gasteiger partial charge in [0, 0.05) is 36.1 Å². The Morgan fingerprint density at radius 3 is 2.64 bits per heavy atom. The Bertz CT molecular complexity index is 1630. The predicted molar refractivity (Wildman–Crippen MR) is 148 cm³/mol. The number of rotatable bonds is 8. The van der Waals surface area contributed by atoms with Crippen LogP contribution < -0.4 is 10.6 Å². The number of halogens is 2. The lowest BCUT2D eigenvalue weighted by molar-refractivity contribution is 0.102. The first-order valence-electron chi connectivity index (χ1n) is 11.8. The number of amides is 1. The molecule has 0 saturated heterocycles. The number of hydrogen-bond acceptors (Lipinski definition) is 6. The summed E-state index contributed by atoms with van der Waals surface area (Å²) >= 11 is 0. The van der Waals surface area contributed by atoms with Crippen molar-refractivity contribution >= 4 is 41.3 Å². The van der Waals surface area contributed by atoms with E-state index >= 15 is 4.39 Å². The maximum atomic E-state index is 15.6. The Labute approximate surface area is 224 Å². The molecule has 0 aliphatic heterocycles. The molecule has 0 unspecified atom stereocenters. The zero-order valence-corrected chi connectivity index (χ0v) is 21.5. The lowest BCUT2D eigenvalue weighted by atomic mass is 9.85. The first kappa shape index (κ1) is 26.9. The highest BCUT2D eigenvalue weighted by Gasteiger charge is 2.23. The molecule has 0 radical (unpaired) electrons. The summed E-state index contributed by atoms with van der Waals surface area (Å²) in [5.74, 6) is -1.89. The zero-order chi connectivity index (χ0) is 28.2. The number of carbonyl (C=O) groups excluding carboxylic acids is 1. The molecule has 0 bridgehead atoms. The van der Waals surface area contributed by atoms with E-state index < -0.39 is 28.6 Å². The molecule has 8 nitrogen and oxygen atoms in total. The number of aliphatic imine (C=N–C) groups is 2. The van der Waals surface area contributed by atoms with Crippen LogP contribution in [0.4, 0.5) is 31.8 Å². The van der Waals surface area contributed by atoms with Crippen LogP contribution in [-0.4, -0.2) is 35.4 Å². The molecular weight excluding hydrogens is 500 g/mol. The molecule has 0 saturated carbocycles. The van der Waals surface area contributed by atoms with Crippen molar-refractivity contribution < 1.29 is 13.6 Å². The Morgan fingerprint density at radius 1 is 1.13 bits per heavy atom. The molecule has 0 aliphatic rings. The number of anilines is 3. The number of aromatic amines is 1. The Kier molecular flexibility index (Phi) is 7.63. The minimum absolute atomic E-state index is 0.141. The van der Waals surface area contributed by atoms with Crippen LogP contribution in [0.25, 0.3) is 0 Å². The van der Waals surface area contributed by atoms with E-state index in [9.17, 15) is 14.4 Å². The van der Waals surface area contributed by atoms with Crippen molar-refractivity contribution in [3.8, 4) is 6.07 Å². The molecule has 3 N–H and O–H groups in total. The molecule has 2 aromatic carbocycles. The van der Waals surface area contributed by atoms with Gasteiger partial charge in [-0.2, -0.15) is 5.26 Å². The van der Waals surface area contributed by atoms with E-state index in [2.05, 4.69) is 43.4 Å². The molecule has 2 heterocycles. The van der Waals surface area contributed by atoms with Gasteiger partial charge in [0.15, 0.2) is 5.82 Å². The number of nitriles is 1. The fourth-order valence-electron chi connectivity index (χ4n) is 3.95. The summed E-state index contributed by atoms with van der Waals surface area (Å²) in [5.41, 5.74) is 0.870. The van der Waals surface area contributed by atoms with Crippen LogP contribution in [0.5, 0.6) is 0 Å². The van der Waals surface area contributed by atoms with Crippen LogP contribution in [0.15, 0.2) is 77.0 Å². The largest absolute Gasteiger partial charge is 0.346 e. The Balaban J connectivity index is 1.67. The molecule has 2 aromatic heterocycles. The molecule has 1 amide bonds. The smallest absolute Gasteiger partial charge is 0.255 e. The molecule has 0 fully saturated rings.